The van der Waals surface area contributed by atoms with Gasteiger partial charge in [-0.1, -0.05) is 23.8 Å². The van der Waals surface area contributed by atoms with E-state index in [9.17, 15) is 0 Å². The Bertz CT molecular complexity index is 357. The highest BCUT2D eigenvalue weighted by Gasteiger charge is 2.02. The third kappa shape index (κ3) is 3.93. The van der Waals surface area contributed by atoms with Gasteiger partial charge in [0, 0.05) is 18.0 Å². The zero-order chi connectivity index (χ0) is 11.3. The van der Waals surface area contributed by atoms with Crippen molar-refractivity contribution in [3.63, 3.8) is 0 Å². The standard InChI is InChI=1S/C10H13ClN2OS/c1-14-9-3-2-7(11)6-8(9)13-5-4-10(12)15/h2-3,6,13H,4-5H2,1H3,(H2,12,15). The Hall–Kier alpha value is -1.00. The van der Waals surface area contributed by atoms with Crippen LogP contribution in [0.1, 0.15) is 6.42 Å². The number of anilines is 1. The van der Waals surface area contributed by atoms with Gasteiger partial charge in [0.1, 0.15) is 5.75 Å². The smallest absolute Gasteiger partial charge is 0.142 e. The first-order chi connectivity index (χ1) is 7.13. The molecule has 0 aliphatic rings. The maximum absolute atomic E-state index is 5.87. The third-order valence-corrected chi connectivity index (χ3v) is 2.29. The van der Waals surface area contributed by atoms with Crippen LogP contribution in [0.5, 0.6) is 5.75 Å². The molecule has 0 aliphatic carbocycles. The molecule has 0 aliphatic heterocycles. The molecule has 0 saturated heterocycles. The molecule has 0 radical (unpaired) electrons. The first-order valence-electron chi connectivity index (χ1n) is 4.49. The Balaban J connectivity index is 2.65. The highest BCUT2D eigenvalue weighted by molar-refractivity contribution is 7.80. The molecule has 3 nitrogen and oxygen atoms in total. The van der Waals surface area contributed by atoms with Gasteiger partial charge in [0.2, 0.25) is 0 Å². The molecule has 0 amide bonds. The lowest BCUT2D eigenvalue weighted by Crippen LogP contribution is -2.14. The van der Waals surface area contributed by atoms with Crippen LogP contribution in [0.3, 0.4) is 0 Å². The fraction of sp³-hybridized carbons (Fsp3) is 0.300. The summed E-state index contributed by atoms with van der Waals surface area (Å²) in [5.74, 6) is 0.752. The van der Waals surface area contributed by atoms with Crippen molar-refractivity contribution in [3.05, 3.63) is 23.2 Å². The molecule has 0 spiro atoms. The second-order valence-electron chi connectivity index (χ2n) is 2.99. The van der Waals surface area contributed by atoms with Gasteiger partial charge in [-0.05, 0) is 18.2 Å². The molecular formula is C10H13ClN2OS. The summed E-state index contributed by atoms with van der Waals surface area (Å²) in [4.78, 5) is 0.489. The van der Waals surface area contributed by atoms with Gasteiger partial charge in [-0.15, -0.1) is 0 Å². The van der Waals surface area contributed by atoms with Crippen molar-refractivity contribution in [1.82, 2.24) is 0 Å². The molecular weight excluding hydrogens is 232 g/mol. The van der Waals surface area contributed by atoms with Crippen LogP contribution in [0.25, 0.3) is 0 Å². The summed E-state index contributed by atoms with van der Waals surface area (Å²) in [6, 6.07) is 5.39. The minimum absolute atomic E-state index is 0.489. The van der Waals surface area contributed by atoms with Crippen molar-refractivity contribution in [1.29, 1.82) is 0 Å². The van der Waals surface area contributed by atoms with E-state index in [4.69, 9.17) is 34.3 Å². The summed E-state index contributed by atoms with van der Waals surface area (Å²) in [6.07, 6.45) is 0.644. The molecule has 0 heterocycles. The van der Waals surface area contributed by atoms with Gasteiger partial charge in [-0.25, -0.2) is 0 Å². The van der Waals surface area contributed by atoms with Crippen molar-refractivity contribution in [2.75, 3.05) is 19.0 Å². The Kier molecular flexibility index (Phi) is 4.65. The number of methoxy groups -OCH3 is 1. The Morgan fingerprint density at radius 1 is 1.60 bits per heavy atom. The summed E-state index contributed by atoms with van der Waals surface area (Å²) in [5, 5.41) is 3.82. The number of benzene rings is 1. The normalized spacial score (nSPS) is 9.73. The lowest BCUT2D eigenvalue weighted by molar-refractivity contribution is 0.416. The predicted octanol–water partition coefficient (Wildman–Crippen LogP) is 2.44. The largest absolute Gasteiger partial charge is 0.495 e. The van der Waals surface area contributed by atoms with Crippen molar-refractivity contribution in [2.24, 2.45) is 5.73 Å². The van der Waals surface area contributed by atoms with Crippen molar-refractivity contribution >= 4 is 34.5 Å². The van der Waals surface area contributed by atoms with E-state index in [1.807, 2.05) is 6.07 Å². The molecule has 0 bridgehead atoms. The molecule has 1 aromatic rings. The van der Waals surface area contributed by atoms with Crippen LogP contribution in [0.2, 0.25) is 5.02 Å². The highest BCUT2D eigenvalue weighted by atomic mass is 35.5. The molecule has 1 rings (SSSR count). The van der Waals surface area contributed by atoms with Gasteiger partial charge < -0.3 is 15.8 Å². The van der Waals surface area contributed by atoms with Crippen LogP contribution in [0, 0.1) is 0 Å². The van der Waals surface area contributed by atoms with E-state index in [1.54, 1.807) is 19.2 Å². The fourth-order valence-electron chi connectivity index (χ4n) is 1.14. The first kappa shape index (κ1) is 12.1. The van der Waals surface area contributed by atoms with Crippen LogP contribution in [0.4, 0.5) is 5.69 Å². The van der Waals surface area contributed by atoms with Gasteiger partial charge in [0.15, 0.2) is 0 Å². The van der Waals surface area contributed by atoms with E-state index in [0.717, 1.165) is 11.4 Å². The average molecular weight is 245 g/mol. The highest BCUT2D eigenvalue weighted by Crippen LogP contribution is 2.27. The molecule has 15 heavy (non-hydrogen) atoms. The molecule has 3 N–H and O–H groups in total. The monoisotopic (exact) mass is 244 g/mol. The quantitative estimate of drug-likeness (QED) is 0.781. The minimum Gasteiger partial charge on any atom is -0.495 e. The number of hydrogen-bond acceptors (Lipinski definition) is 3. The summed E-state index contributed by atoms with van der Waals surface area (Å²) in [7, 11) is 1.61. The number of hydrogen-bond donors (Lipinski definition) is 2. The molecule has 0 saturated carbocycles. The fourth-order valence-corrected chi connectivity index (χ4v) is 1.41. The van der Waals surface area contributed by atoms with Crippen molar-refractivity contribution < 1.29 is 4.74 Å². The van der Waals surface area contributed by atoms with Gasteiger partial charge in [-0.2, -0.15) is 0 Å². The second kappa shape index (κ2) is 5.78. The summed E-state index contributed by atoms with van der Waals surface area (Å²) < 4.78 is 5.17. The number of rotatable bonds is 5. The molecule has 0 unspecified atom stereocenters. The molecule has 82 valence electrons. The van der Waals surface area contributed by atoms with Gasteiger partial charge in [0.25, 0.3) is 0 Å². The van der Waals surface area contributed by atoms with E-state index in [0.29, 0.717) is 23.0 Å². The second-order valence-corrected chi connectivity index (χ2v) is 3.95. The zero-order valence-corrected chi connectivity index (χ0v) is 9.99. The lowest BCUT2D eigenvalue weighted by atomic mass is 10.3. The predicted molar refractivity (Wildman–Crippen MR) is 67.9 cm³/mol. The zero-order valence-electron chi connectivity index (χ0n) is 8.42. The molecule has 0 fully saturated rings. The molecule has 0 aromatic heterocycles. The van der Waals surface area contributed by atoms with Crippen molar-refractivity contribution in [2.45, 2.75) is 6.42 Å². The van der Waals surface area contributed by atoms with E-state index in [2.05, 4.69) is 5.32 Å². The third-order valence-electron chi connectivity index (χ3n) is 1.85. The van der Waals surface area contributed by atoms with Gasteiger partial charge in [-0.3, -0.25) is 0 Å². The van der Waals surface area contributed by atoms with Crippen LogP contribution in [-0.4, -0.2) is 18.6 Å². The minimum atomic E-state index is 0.489. The Labute approximate surface area is 99.6 Å². The lowest BCUT2D eigenvalue weighted by Gasteiger charge is -2.10. The SMILES string of the molecule is COc1ccc(Cl)cc1NCCC(N)=S. The van der Waals surface area contributed by atoms with E-state index in [1.165, 1.54) is 0 Å². The summed E-state index contributed by atoms with van der Waals surface area (Å²) in [6.45, 7) is 0.673. The Morgan fingerprint density at radius 3 is 2.93 bits per heavy atom. The maximum Gasteiger partial charge on any atom is 0.142 e. The number of nitrogens with two attached hydrogens (primary N) is 1. The van der Waals surface area contributed by atoms with Gasteiger partial charge >= 0.3 is 0 Å². The van der Waals surface area contributed by atoms with Gasteiger partial charge in [0.05, 0.1) is 17.8 Å². The van der Waals surface area contributed by atoms with Crippen LogP contribution in [0.15, 0.2) is 18.2 Å². The topological polar surface area (TPSA) is 47.3 Å². The summed E-state index contributed by atoms with van der Waals surface area (Å²) >= 11 is 10.6. The number of thiocarbonyl (C=S) groups is 1. The van der Waals surface area contributed by atoms with E-state index >= 15 is 0 Å². The van der Waals surface area contributed by atoms with E-state index in [-0.39, 0.29) is 0 Å². The summed E-state index contributed by atoms with van der Waals surface area (Å²) in [5.41, 5.74) is 6.24. The van der Waals surface area contributed by atoms with Crippen LogP contribution in [-0.2, 0) is 0 Å². The maximum atomic E-state index is 5.87. The van der Waals surface area contributed by atoms with Crippen LogP contribution >= 0.6 is 23.8 Å². The number of halogens is 1. The number of ether oxygens (including phenoxy) is 1. The number of nitrogens with one attached hydrogen (secondary N) is 1. The molecule has 5 heteroatoms. The average Bonchev–Trinajstić information content (AvgIpc) is 2.17. The molecule has 0 atom stereocenters. The molecule has 1 aromatic carbocycles. The van der Waals surface area contributed by atoms with E-state index < -0.39 is 0 Å². The Morgan fingerprint density at radius 2 is 2.33 bits per heavy atom. The van der Waals surface area contributed by atoms with Crippen molar-refractivity contribution in [3.8, 4) is 5.75 Å². The first-order valence-corrected chi connectivity index (χ1v) is 5.28. The van der Waals surface area contributed by atoms with Crippen LogP contribution < -0.4 is 15.8 Å².